The third kappa shape index (κ3) is 3.00. The van der Waals surface area contributed by atoms with E-state index in [9.17, 15) is 4.79 Å². The quantitative estimate of drug-likeness (QED) is 0.716. The Morgan fingerprint density at radius 2 is 2.00 bits per heavy atom. The van der Waals surface area contributed by atoms with Crippen LogP contribution >= 0.6 is 54.5 Å². The molecule has 2 aromatic heterocycles. The zero-order valence-corrected chi connectivity index (χ0v) is 12.3. The highest BCUT2D eigenvalue weighted by Gasteiger charge is 2.10. The highest BCUT2D eigenvalue weighted by atomic mass is 79.9. The maximum atomic E-state index is 11.8. The molecule has 0 N–H and O–H groups in total. The van der Waals surface area contributed by atoms with Crippen molar-refractivity contribution in [2.45, 2.75) is 6.42 Å². The molecule has 0 aliphatic rings. The van der Waals surface area contributed by atoms with Crippen LogP contribution in [0.25, 0.3) is 0 Å². The number of rotatable bonds is 3. The van der Waals surface area contributed by atoms with Gasteiger partial charge in [0.2, 0.25) is 0 Å². The van der Waals surface area contributed by atoms with Gasteiger partial charge in [0, 0.05) is 32.1 Å². The first-order chi connectivity index (χ1) is 7.15. The zero-order chi connectivity index (χ0) is 10.8. The Labute approximate surface area is 112 Å². The number of hydrogen-bond acceptors (Lipinski definition) is 3. The van der Waals surface area contributed by atoms with Gasteiger partial charge in [0.15, 0.2) is 5.78 Å². The number of carbonyl (C=O) groups is 1. The van der Waals surface area contributed by atoms with Crippen LogP contribution in [0.4, 0.5) is 0 Å². The Morgan fingerprint density at radius 1 is 1.20 bits per heavy atom. The van der Waals surface area contributed by atoms with Crippen LogP contribution in [0.1, 0.15) is 15.2 Å². The molecule has 1 nitrogen and oxygen atoms in total. The number of halogens is 2. The van der Waals surface area contributed by atoms with Crippen LogP contribution in [-0.2, 0) is 6.42 Å². The van der Waals surface area contributed by atoms with Gasteiger partial charge >= 0.3 is 0 Å². The van der Waals surface area contributed by atoms with E-state index in [2.05, 4.69) is 31.9 Å². The molecule has 2 heterocycles. The van der Waals surface area contributed by atoms with Crippen molar-refractivity contribution in [3.8, 4) is 0 Å². The molecule has 0 bridgehead atoms. The predicted octanol–water partition coefficient (Wildman–Crippen LogP) is 4.76. The van der Waals surface area contributed by atoms with Crippen molar-refractivity contribution < 1.29 is 4.79 Å². The van der Waals surface area contributed by atoms with Crippen molar-refractivity contribution >= 4 is 60.3 Å². The molecule has 0 aromatic carbocycles. The lowest BCUT2D eigenvalue weighted by Crippen LogP contribution is -1.99. The normalized spacial score (nSPS) is 10.5. The van der Waals surface area contributed by atoms with E-state index in [0.29, 0.717) is 6.42 Å². The lowest BCUT2D eigenvalue weighted by molar-refractivity contribution is 0.0994. The summed E-state index contributed by atoms with van der Waals surface area (Å²) in [6, 6.07) is 3.86. The summed E-state index contributed by atoms with van der Waals surface area (Å²) in [4.78, 5) is 12.9. The van der Waals surface area contributed by atoms with Crippen LogP contribution in [0.3, 0.4) is 0 Å². The first-order valence-electron chi connectivity index (χ1n) is 4.15. The molecule has 15 heavy (non-hydrogen) atoms. The summed E-state index contributed by atoms with van der Waals surface area (Å²) in [5.41, 5.74) is 0.788. The minimum Gasteiger partial charge on any atom is -0.294 e. The van der Waals surface area contributed by atoms with Crippen LogP contribution in [0.2, 0.25) is 0 Å². The number of thiophene rings is 2. The van der Waals surface area contributed by atoms with E-state index in [1.807, 2.05) is 22.9 Å². The van der Waals surface area contributed by atoms with Gasteiger partial charge in [-0.25, -0.2) is 0 Å². The molecule has 5 heteroatoms. The van der Waals surface area contributed by atoms with Crippen LogP contribution in [0.15, 0.2) is 31.2 Å². The molecule has 0 aliphatic carbocycles. The predicted molar refractivity (Wildman–Crippen MR) is 72.1 cm³/mol. The van der Waals surface area contributed by atoms with Gasteiger partial charge in [-0.1, -0.05) is 0 Å². The Bertz CT molecular complexity index is 487. The molecule has 2 aromatic rings. The summed E-state index contributed by atoms with van der Waals surface area (Å²) >= 11 is 9.87. The van der Waals surface area contributed by atoms with Gasteiger partial charge in [0.05, 0.1) is 3.79 Å². The minimum atomic E-state index is 0.173. The van der Waals surface area contributed by atoms with Gasteiger partial charge in [0.25, 0.3) is 0 Å². The second-order valence-corrected chi connectivity index (χ2v) is 7.17. The summed E-state index contributed by atoms with van der Waals surface area (Å²) in [6.07, 6.45) is 0.486. The monoisotopic (exact) mass is 364 g/mol. The maximum absolute atomic E-state index is 11.8. The van der Waals surface area contributed by atoms with E-state index in [1.165, 1.54) is 11.3 Å². The summed E-state index contributed by atoms with van der Waals surface area (Å²) in [5, 5.41) is 3.88. The van der Waals surface area contributed by atoms with Crippen molar-refractivity contribution in [2.24, 2.45) is 0 Å². The van der Waals surface area contributed by atoms with E-state index in [4.69, 9.17) is 0 Å². The Balaban J connectivity index is 2.10. The lowest BCUT2D eigenvalue weighted by Gasteiger charge is -1.93. The fraction of sp³-hybridized carbons (Fsp3) is 0.100. The van der Waals surface area contributed by atoms with E-state index >= 15 is 0 Å². The molecule has 0 amide bonds. The van der Waals surface area contributed by atoms with E-state index in [-0.39, 0.29) is 5.78 Å². The van der Waals surface area contributed by atoms with Crippen molar-refractivity contribution in [3.63, 3.8) is 0 Å². The fourth-order valence-electron chi connectivity index (χ4n) is 1.16. The average molecular weight is 366 g/mol. The largest absolute Gasteiger partial charge is 0.294 e. The van der Waals surface area contributed by atoms with E-state index in [0.717, 1.165) is 18.7 Å². The molecule has 2 rings (SSSR count). The highest BCUT2D eigenvalue weighted by molar-refractivity contribution is 9.11. The minimum absolute atomic E-state index is 0.173. The van der Waals surface area contributed by atoms with Gasteiger partial charge in [-0.05, 0) is 44.0 Å². The van der Waals surface area contributed by atoms with Crippen LogP contribution in [0.5, 0.6) is 0 Å². The summed E-state index contributed by atoms with van der Waals surface area (Å²) in [7, 11) is 0. The van der Waals surface area contributed by atoms with Crippen LogP contribution in [-0.4, -0.2) is 5.78 Å². The molecule has 78 valence electrons. The first kappa shape index (κ1) is 11.5. The Kier molecular flexibility index (Phi) is 3.77. The van der Waals surface area contributed by atoms with Crippen molar-refractivity contribution in [3.05, 3.63) is 41.6 Å². The summed E-state index contributed by atoms with van der Waals surface area (Å²) in [6.45, 7) is 0. The molecule has 0 radical (unpaired) electrons. The van der Waals surface area contributed by atoms with Crippen molar-refractivity contribution in [2.75, 3.05) is 0 Å². The van der Waals surface area contributed by atoms with E-state index < -0.39 is 0 Å². The maximum Gasteiger partial charge on any atom is 0.168 e. The number of carbonyl (C=O) groups excluding carboxylic acids is 1. The van der Waals surface area contributed by atoms with Gasteiger partial charge in [0.1, 0.15) is 0 Å². The number of hydrogen-bond donors (Lipinski definition) is 0. The molecule has 0 saturated heterocycles. The fourth-order valence-corrected chi connectivity index (χ4v) is 3.77. The Morgan fingerprint density at radius 3 is 2.53 bits per heavy atom. The third-order valence-corrected chi connectivity index (χ3v) is 5.05. The van der Waals surface area contributed by atoms with Crippen LogP contribution in [0, 0.1) is 0 Å². The molecule has 0 aliphatic heterocycles. The topological polar surface area (TPSA) is 17.1 Å². The Hall–Kier alpha value is 0.0300. The molecular weight excluding hydrogens is 360 g/mol. The van der Waals surface area contributed by atoms with Crippen molar-refractivity contribution in [1.29, 1.82) is 0 Å². The standard InChI is InChI=1S/C10H6Br2OS2/c11-7-2-8(14-5-7)3-9(13)6-1-10(12)15-4-6/h1-2,4-5H,3H2. The SMILES string of the molecule is O=C(Cc1cc(Br)cs1)c1csc(Br)c1. The van der Waals surface area contributed by atoms with Gasteiger partial charge < -0.3 is 0 Å². The second kappa shape index (κ2) is 4.91. The smallest absolute Gasteiger partial charge is 0.168 e. The van der Waals surface area contributed by atoms with Crippen LogP contribution < -0.4 is 0 Å². The van der Waals surface area contributed by atoms with Gasteiger partial charge in [-0.15, -0.1) is 22.7 Å². The average Bonchev–Trinajstić information content (AvgIpc) is 2.75. The molecule has 0 fully saturated rings. The van der Waals surface area contributed by atoms with Gasteiger partial charge in [-0.3, -0.25) is 4.79 Å². The number of ketones is 1. The summed E-state index contributed by atoms with van der Waals surface area (Å²) in [5.74, 6) is 0.173. The second-order valence-electron chi connectivity index (χ2n) is 2.97. The molecule has 0 saturated carbocycles. The van der Waals surface area contributed by atoms with Gasteiger partial charge in [-0.2, -0.15) is 0 Å². The molecule has 0 spiro atoms. The van der Waals surface area contributed by atoms with Crippen molar-refractivity contribution in [1.82, 2.24) is 0 Å². The highest BCUT2D eigenvalue weighted by Crippen LogP contribution is 2.24. The molecular formula is C10H6Br2OS2. The third-order valence-electron chi connectivity index (χ3n) is 1.85. The lowest BCUT2D eigenvalue weighted by atomic mass is 10.1. The first-order valence-corrected chi connectivity index (χ1v) is 7.50. The molecule has 0 unspecified atom stereocenters. The molecule has 0 atom stereocenters. The zero-order valence-electron chi connectivity index (χ0n) is 7.50. The number of Topliss-reactive ketones (excluding diaryl/α,β-unsaturated/α-hetero) is 1. The van der Waals surface area contributed by atoms with E-state index in [1.54, 1.807) is 11.3 Å². The summed E-state index contributed by atoms with van der Waals surface area (Å²) < 4.78 is 2.04.